The van der Waals surface area contributed by atoms with Crippen LogP contribution in [0.4, 0.5) is 0 Å². The predicted molar refractivity (Wildman–Crippen MR) is 107 cm³/mol. The molecule has 1 atom stereocenters. The SMILES string of the molecule is CN=C(NCc1nc(-c2ccc(OC)cc2)n[nH]1)NCC1(C)CCCS1. The van der Waals surface area contributed by atoms with Gasteiger partial charge in [-0.1, -0.05) is 0 Å². The average molecular weight is 375 g/mol. The number of ether oxygens (including phenoxy) is 1. The average Bonchev–Trinajstić information content (AvgIpc) is 3.32. The normalized spacial score (nSPS) is 20.2. The molecule has 26 heavy (non-hydrogen) atoms. The number of nitrogens with zero attached hydrogens (tertiary/aromatic N) is 3. The van der Waals surface area contributed by atoms with Crippen LogP contribution in [-0.4, -0.2) is 52.3 Å². The highest BCUT2D eigenvalue weighted by atomic mass is 32.2. The van der Waals surface area contributed by atoms with Gasteiger partial charge in [0.15, 0.2) is 11.8 Å². The molecule has 7 nitrogen and oxygen atoms in total. The van der Waals surface area contributed by atoms with Gasteiger partial charge in [0.05, 0.1) is 13.7 Å². The molecule has 1 fully saturated rings. The third-order valence-electron chi connectivity index (χ3n) is 4.46. The van der Waals surface area contributed by atoms with Crippen molar-refractivity contribution in [2.45, 2.75) is 31.1 Å². The smallest absolute Gasteiger partial charge is 0.191 e. The molecule has 1 aromatic carbocycles. The zero-order valence-corrected chi connectivity index (χ0v) is 16.3. The Morgan fingerprint density at radius 3 is 2.81 bits per heavy atom. The Morgan fingerprint density at radius 1 is 1.35 bits per heavy atom. The van der Waals surface area contributed by atoms with E-state index < -0.39 is 0 Å². The van der Waals surface area contributed by atoms with Gasteiger partial charge in [0.1, 0.15) is 11.6 Å². The first-order valence-electron chi connectivity index (χ1n) is 8.76. The molecule has 1 saturated heterocycles. The van der Waals surface area contributed by atoms with Crippen LogP contribution >= 0.6 is 11.8 Å². The van der Waals surface area contributed by atoms with E-state index in [9.17, 15) is 0 Å². The van der Waals surface area contributed by atoms with Crippen LogP contribution in [0.3, 0.4) is 0 Å². The molecule has 0 aliphatic carbocycles. The number of hydrogen-bond donors (Lipinski definition) is 3. The van der Waals surface area contributed by atoms with Crippen LogP contribution in [-0.2, 0) is 6.54 Å². The fraction of sp³-hybridized carbons (Fsp3) is 0.500. The third kappa shape index (κ3) is 4.69. The third-order valence-corrected chi connectivity index (χ3v) is 6.00. The maximum absolute atomic E-state index is 5.17. The highest BCUT2D eigenvalue weighted by Gasteiger charge is 2.29. The van der Waals surface area contributed by atoms with Crippen LogP contribution in [0.5, 0.6) is 5.75 Å². The molecule has 0 radical (unpaired) electrons. The summed E-state index contributed by atoms with van der Waals surface area (Å²) in [5, 5.41) is 14.0. The number of guanidine groups is 1. The van der Waals surface area contributed by atoms with E-state index in [1.807, 2.05) is 36.0 Å². The molecule has 3 N–H and O–H groups in total. The van der Waals surface area contributed by atoms with Crippen molar-refractivity contribution in [2.75, 3.05) is 26.5 Å². The molecular formula is C18H26N6OS. The molecule has 1 aliphatic rings. The van der Waals surface area contributed by atoms with Crippen LogP contribution in [0.15, 0.2) is 29.3 Å². The van der Waals surface area contributed by atoms with Gasteiger partial charge >= 0.3 is 0 Å². The van der Waals surface area contributed by atoms with Gasteiger partial charge in [-0.2, -0.15) is 16.9 Å². The molecule has 1 unspecified atom stereocenters. The van der Waals surface area contributed by atoms with Crippen molar-refractivity contribution in [1.29, 1.82) is 0 Å². The first-order valence-corrected chi connectivity index (χ1v) is 9.75. The molecule has 3 rings (SSSR count). The van der Waals surface area contributed by atoms with E-state index in [4.69, 9.17) is 4.74 Å². The maximum Gasteiger partial charge on any atom is 0.191 e. The predicted octanol–water partition coefficient (Wildman–Crippen LogP) is 2.43. The fourth-order valence-electron chi connectivity index (χ4n) is 2.88. The van der Waals surface area contributed by atoms with Gasteiger partial charge in [-0.05, 0) is 49.8 Å². The van der Waals surface area contributed by atoms with E-state index >= 15 is 0 Å². The Balaban J connectivity index is 1.53. The zero-order valence-electron chi connectivity index (χ0n) is 15.5. The Kier molecular flexibility index (Phi) is 6.03. The number of hydrogen-bond acceptors (Lipinski definition) is 5. The van der Waals surface area contributed by atoms with E-state index in [-0.39, 0.29) is 0 Å². The molecule has 0 spiro atoms. The highest BCUT2D eigenvalue weighted by Crippen LogP contribution is 2.36. The summed E-state index contributed by atoms with van der Waals surface area (Å²) >= 11 is 2.03. The molecular weight excluding hydrogens is 348 g/mol. The Hall–Kier alpha value is -2.22. The van der Waals surface area contributed by atoms with E-state index in [2.05, 4.69) is 37.7 Å². The van der Waals surface area contributed by atoms with E-state index in [1.54, 1.807) is 14.2 Å². The minimum atomic E-state index is 0.297. The fourth-order valence-corrected chi connectivity index (χ4v) is 4.12. The van der Waals surface area contributed by atoms with Gasteiger partial charge in [0.2, 0.25) is 0 Å². The molecule has 2 aromatic rings. The molecule has 1 aromatic heterocycles. The van der Waals surface area contributed by atoms with Gasteiger partial charge in [0.25, 0.3) is 0 Å². The summed E-state index contributed by atoms with van der Waals surface area (Å²) in [5.41, 5.74) is 0.946. The van der Waals surface area contributed by atoms with E-state index in [0.717, 1.165) is 29.6 Å². The number of aliphatic imine (C=N–C) groups is 1. The van der Waals surface area contributed by atoms with E-state index in [1.165, 1.54) is 18.6 Å². The van der Waals surface area contributed by atoms with Crippen molar-refractivity contribution >= 4 is 17.7 Å². The van der Waals surface area contributed by atoms with Crippen LogP contribution in [0.25, 0.3) is 11.4 Å². The summed E-state index contributed by atoms with van der Waals surface area (Å²) in [6.45, 7) is 3.75. The second-order valence-electron chi connectivity index (χ2n) is 6.52. The van der Waals surface area contributed by atoms with Gasteiger partial charge in [-0.25, -0.2) is 4.98 Å². The topological polar surface area (TPSA) is 87.2 Å². The van der Waals surface area contributed by atoms with Crippen molar-refractivity contribution in [1.82, 2.24) is 25.8 Å². The number of aromatic amines is 1. The molecule has 0 saturated carbocycles. The summed E-state index contributed by atoms with van der Waals surface area (Å²) in [6.07, 6.45) is 2.54. The molecule has 0 bridgehead atoms. The van der Waals surface area contributed by atoms with Gasteiger partial charge in [-0.15, -0.1) is 0 Å². The summed E-state index contributed by atoms with van der Waals surface area (Å²) in [4.78, 5) is 8.83. The van der Waals surface area contributed by atoms with Crippen LogP contribution < -0.4 is 15.4 Å². The summed E-state index contributed by atoms with van der Waals surface area (Å²) in [7, 11) is 3.43. The van der Waals surface area contributed by atoms with Crippen molar-refractivity contribution in [3.05, 3.63) is 30.1 Å². The minimum Gasteiger partial charge on any atom is -0.497 e. The molecule has 1 aliphatic heterocycles. The van der Waals surface area contributed by atoms with Crippen molar-refractivity contribution in [2.24, 2.45) is 4.99 Å². The summed E-state index contributed by atoms with van der Waals surface area (Å²) in [5.74, 6) is 4.27. The van der Waals surface area contributed by atoms with E-state index in [0.29, 0.717) is 17.1 Å². The van der Waals surface area contributed by atoms with Crippen molar-refractivity contribution in [3.8, 4) is 17.1 Å². The molecule has 140 valence electrons. The quantitative estimate of drug-likeness (QED) is 0.532. The van der Waals surface area contributed by atoms with Crippen LogP contribution in [0.2, 0.25) is 0 Å². The number of rotatable bonds is 6. The molecule has 8 heteroatoms. The van der Waals surface area contributed by atoms with Crippen LogP contribution in [0.1, 0.15) is 25.6 Å². The zero-order chi connectivity index (χ0) is 18.4. The Labute approximate surface area is 158 Å². The Morgan fingerprint density at radius 2 is 2.15 bits per heavy atom. The van der Waals surface area contributed by atoms with Crippen molar-refractivity contribution in [3.63, 3.8) is 0 Å². The van der Waals surface area contributed by atoms with Crippen molar-refractivity contribution < 1.29 is 4.74 Å². The summed E-state index contributed by atoms with van der Waals surface area (Å²) < 4.78 is 5.47. The second-order valence-corrected chi connectivity index (χ2v) is 8.20. The lowest BCUT2D eigenvalue weighted by molar-refractivity contribution is 0.415. The molecule has 2 heterocycles. The first kappa shape index (κ1) is 18.6. The largest absolute Gasteiger partial charge is 0.497 e. The lowest BCUT2D eigenvalue weighted by Crippen LogP contribution is -2.43. The second kappa shape index (κ2) is 8.44. The Bertz CT molecular complexity index is 736. The monoisotopic (exact) mass is 374 g/mol. The highest BCUT2D eigenvalue weighted by molar-refractivity contribution is 8.00. The number of methoxy groups -OCH3 is 1. The lowest BCUT2D eigenvalue weighted by atomic mass is 10.1. The standard InChI is InChI=1S/C18H26N6OS/c1-18(9-4-10-26-18)12-21-17(19-2)20-11-15-22-16(24-23-15)13-5-7-14(25-3)8-6-13/h5-8H,4,9-12H2,1-3H3,(H2,19,20,21)(H,22,23,24). The van der Waals surface area contributed by atoms with Crippen LogP contribution in [0, 0.1) is 0 Å². The number of thioether (sulfide) groups is 1. The number of nitrogens with one attached hydrogen (secondary N) is 3. The maximum atomic E-state index is 5.17. The van der Waals surface area contributed by atoms with Gasteiger partial charge < -0.3 is 15.4 Å². The number of benzene rings is 1. The first-order chi connectivity index (χ1) is 12.6. The number of H-pyrrole nitrogens is 1. The number of aromatic nitrogens is 3. The minimum absolute atomic E-state index is 0.297. The van der Waals surface area contributed by atoms with Gasteiger partial charge in [0, 0.05) is 23.9 Å². The molecule has 0 amide bonds. The summed E-state index contributed by atoms with van der Waals surface area (Å²) in [6, 6.07) is 7.69. The lowest BCUT2D eigenvalue weighted by Gasteiger charge is -2.24. The van der Waals surface area contributed by atoms with Gasteiger partial charge in [-0.3, -0.25) is 10.1 Å².